The van der Waals surface area contributed by atoms with E-state index in [1.54, 1.807) is 30.3 Å². The Morgan fingerprint density at radius 2 is 1.37 bits per heavy atom. The Morgan fingerprint density at radius 3 is 1.83 bits per heavy atom. The van der Waals surface area contributed by atoms with Crippen LogP contribution in [0.5, 0.6) is 0 Å². The van der Waals surface area contributed by atoms with Crippen molar-refractivity contribution < 1.29 is 15.5 Å². The van der Waals surface area contributed by atoms with Crippen LogP contribution in [0.25, 0.3) is 0 Å². The van der Waals surface area contributed by atoms with Crippen molar-refractivity contribution in [2.45, 2.75) is 114 Å². The van der Waals surface area contributed by atoms with E-state index in [0.29, 0.717) is 6.04 Å². The van der Waals surface area contributed by atoms with Crippen LogP contribution in [-0.4, -0.2) is 58.8 Å². The second-order valence-corrected chi connectivity index (χ2v) is 9.78. The topological polar surface area (TPSA) is 69.4 Å². The van der Waals surface area contributed by atoms with Crippen molar-refractivity contribution in [3.8, 4) is 0 Å². The van der Waals surface area contributed by atoms with Crippen molar-refractivity contribution in [1.29, 1.82) is 0 Å². The van der Waals surface area contributed by atoms with E-state index >= 15 is 0 Å². The van der Waals surface area contributed by atoms with Crippen LogP contribution in [0.2, 0.25) is 0 Å². The summed E-state index contributed by atoms with van der Waals surface area (Å²) in [5.74, 6) is 0. The Bertz CT molecular complexity index is 601. The summed E-state index contributed by atoms with van der Waals surface area (Å²) in [6.45, 7) is 2.52. The van der Waals surface area contributed by atoms with E-state index in [1.165, 1.54) is 83.5 Å². The monoisotopic (exact) mass is 467 g/mol. The largest absolute Gasteiger partial charge is 2.00 e. The maximum absolute atomic E-state index is 11.9. The van der Waals surface area contributed by atoms with Crippen molar-refractivity contribution in [3.05, 3.63) is 30.3 Å². The Balaban J connectivity index is -0.000000719. The van der Waals surface area contributed by atoms with Gasteiger partial charge < -0.3 is 8.59 Å². The van der Waals surface area contributed by atoms with E-state index in [1.807, 2.05) is 0 Å². The third-order valence-electron chi connectivity index (χ3n) is 5.42. The van der Waals surface area contributed by atoms with Crippen LogP contribution in [-0.2, 0) is 14.3 Å². The quantitative estimate of drug-likeness (QED) is 0.206. The SMILES string of the molecule is CCCCCCCCCCCCOS(=O)(=O)c1ccccc1.NC1CCCCC1.[Ca+2].[H-].[H-]. The molecule has 0 heterocycles. The minimum absolute atomic E-state index is 0. The smallest absolute Gasteiger partial charge is 1.00 e. The molecule has 1 aromatic rings. The van der Waals surface area contributed by atoms with Crippen LogP contribution in [0.1, 0.15) is 106 Å². The summed E-state index contributed by atoms with van der Waals surface area (Å²) < 4.78 is 28.8. The molecule has 0 bridgehead atoms. The average molecular weight is 468 g/mol. The predicted octanol–water partition coefficient (Wildman–Crippen LogP) is 6.43. The normalized spacial score (nSPS) is 14.5. The van der Waals surface area contributed by atoms with Crippen molar-refractivity contribution in [3.63, 3.8) is 0 Å². The molecule has 172 valence electrons. The van der Waals surface area contributed by atoms with Crippen molar-refractivity contribution in [1.82, 2.24) is 0 Å². The summed E-state index contributed by atoms with van der Waals surface area (Å²) in [4.78, 5) is 0.238. The molecular formula is C24H45CaNO3S. The average Bonchev–Trinajstić information content (AvgIpc) is 2.74. The fourth-order valence-electron chi connectivity index (χ4n) is 3.55. The maximum Gasteiger partial charge on any atom is 2.00 e. The molecule has 1 aliphatic carbocycles. The molecule has 0 aliphatic heterocycles. The third-order valence-corrected chi connectivity index (χ3v) is 6.74. The zero-order valence-electron chi connectivity index (χ0n) is 21.2. The fourth-order valence-corrected chi connectivity index (χ4v) is 4.51. The van der Waals surface area contributed by atoms with Crippen LogP contribution < -0.4 is 5.73 Å². The number of nitrogens with two attached hydrogens (primary N) is 1. The molecule has 1 saturated carbocycles. The van der Waals surface area contributed by atoms with E-state index in [2.05, 4.69) is 6.92 Å². The van der Waals surface area contributed by atoms with E-state index in [-0.39, 0.29) is 52.1 Å². The Hall–Kier alpha value is 0.350. The minimum atomic E-state index is -3.57. The third kappa shape index (κ3) is 16.0. The molecule has 0 amide bonds. The fraction of sp³-hybridized carbons (Fsp3) is 0.750. The first-order valence-corrected chi connectivity index (χ1v) is 13.2. The first-order chi connectivity index (χ1) is 14.1. The van der Waals surface area contributed by atoms with Gasteiger partial charge in [-0.2, -0.15) is 8.42 Å². The van der Waals surface area contributed by atoms with Crippen LogP contribution in [0.15, 0.2) is 35.2 Å². The Labute approximate surface area is 218 Å². The summed E-state index contributed by atoms with van der Waals surface area (Å²) in [6.07, 6.45) is 18.9. The molecule has 0 spiro atoms. The van der Waals surface area contributed by atoms with Crippen molar-refractivity contribution in [2.24, 2.45) is 5.73 Å². The van der Waals surface area contributed by atoms with Crippen LogP contribution >= 0.6 is 0 Å². The van der Waals surface area contributed by atoms with Gasteiger partial charge in [-0.15, -0.1) is 0 Å². The Kier molecular flexibility index (Phi) is 20.2. The molecular weight excluding hydrogens is 422 g/mol. The second-order valence-electron chi connectivity index (χ2n) is 8.17. The van der Waals surface area contributed by atoms with Gasteiger partial charge in [-0.1, -0.05) is 102 Å². The predicted molar refractivity (Wildman–Crippen MR) is 130 cm³/mol. The number of rotatable bonds is 13. The number of hydrogen-bond acceptors (Lipinski definition) is 4. The van der Waals surface area contributed by atoms with Gasteiger partial charge in [0.2, 0.25) is 0 Å². The summed E-state index contributed by atoms with van der Waals surface area (Å²) in [6, 6.07) is 8.87. The molecule has 0 aromatic heterocycles. The van der Waals surface area contributed by atoms with Gasteiger partial charge >= 0.3 is 37.7 Å². The van der Waals surface area contributed by atoms with Crippen LogP contribution in [0, 0.1) is 0 Å². The molecule has 2 rings (SSSR count). The molecule has 2 N–H and O–H groups in total. The summed E-state index contributed by atoms with van der Waals surface area (Å²) in [5, 5.41) is 0. The standard InChI is InChI=1S/C18H30O3S.C6H13N.Ca.2H/c1-2-3-4-5-6-7-8-9-10-14-17-21-22(19,20)18-15-12-11-13-16-18;7-6-4-2-1-3-5-6;;;/h11-13,15-16H,2-10,14,17H2,1H3;6H,1-5,7H2;;;/q;;+2;2*-1. The minimum Gasteiger partial charge on any atom is -1.00 e. The number of hydrogen-bond donors (Lipinski definition) is 1. The molecule has 1 aromatic carbocycles. The molecule has 4 nitrogen and oxygen atoms in total. The first kappa shape index (κ1) is 30.3. The summed E-state index contributed by atoms with van der Waals surface area (Å²) >= 11 is 0. The first-order valence-electron chi connectivity index (χ1n) is 11.8. The Morgan fingerprint density at radius 1 is 0.867 bits per heavy atom. The molecule has 1 aliphatic rings. The molecule has 30 heavy (non-hydrogen) atoms. The van der Waals surface area contributed by atoms with Gasteiger partial charge in [0.25, 0.3) is 10.1 Å². The second kappa shape index (κ2) is 20.0. The van der Waals surface area contributed by atoms with E-state index < -0.39 is 10.1 Å². The van der Waals surface area contributed by atoms with Crippen LogP contribution in [0.3, 0.4) is 0 Å². The summed E-state index contributed by atoms with van der Waals surface area (Å²) in [5.41, 5.74) is 5.63. The van der Waals surface area contributed by atoms with Crippen molar-refractivity contribution >= 4 is 47.9 Å². The zero-order valence-corrected chi connectivity index (χ0v) is 22.2. The number of benzene rings is 1. The van der Waals surface area contributed by atoms with Gasteiger partial charge in [0.15, 0.2) is 0 Å². The molecule has 0 unspecified atom stereocenters. The van der Waals surface area contributed by atoms with E-state index in [9.17, 15) is 8.42 Å². The van der Waals surface area contributed by atoms with Gasteiger partial charge in [-0.05, 0) is 31.4 Å². The summed E-state index contributed by atoms with van der Waals surface area (Å²) in [7, 11) is -3.57. The van der Waals surface area contributed by atoms with Gasteiger partial charge in [0.05, 0.1) is 11.5 Å². The molecule has 1 fully saturated rings. The molecule has 0 atom stereocenters. The number of unbranched alkanes of at least 4 members (excludes halogenated alkanes) is 9. The van der Waals surface area contributed by atoms with Gasteiger partial charge in [0, 0.05) is 6.04 Å². The molecule has 6 heteroatoms. The van der Waals surface area contributed by atoms with E-state index in [0.717, 1.165) is 12.8 Å². The maximum atomic E-state index is 11.9. The van der Waals surface area contributed by atoms with Gasteiger partial charge in [0.1, 0.15) is 0 Å². The molecule has 0 saturated heterocycles. The van der Waals surface area contributed by atoms with Crippen molar-refractivity contribution in [2.75, 3.05) is 6.61 Å². The van der Waals surface area contributed by atoms with Crippen LogP contribution in [0.4, 0.5) is 0 Å². The molecule has 0 radical (unpaired) electrons. The zero-order chi connectivity index (χ0) is 21.2. The van der Waals surface area contributed by atoms with Gasteiger partial charge in [-0.25, -0.2) is 0 Å². The van der Waals surface area contributed by atoms with Gasteiger partial charge in [-0.3, -0.25) is 4.18 Å². The van der Waals surface area contributed by atoms with E-state index in [4.69, 9.17) is 9.92 Å².